The highest BCUT2D eigenvalue weighted by molar-refractivity contribution is 7.89. The van der Waals surface area contributed by atoms with Crippen molar-refractivity contribution in [2.24, 2.45) is 22.9 Å². The van der Waals surface area contributed by atoms with Crippen LogP contribution in [-0.2, 0) is 24.3 Å². The number of aliphatic hydroxyl groups excluding tert-OH is 2. The van der Waals surface area contributed by atoms with Crippen LogP contribution >= 0.6 is 0 Å². The summed E-state index contributed by atoms with van der Waals surface area (Å²) >= 11 is 0. The molecule has 15 heteroatoms. The SMILES string of the molecule is C=CCO[C@@]12Oc3ccc(OC(=O)NCC)cc3[C@H]3[C@H](CCCCO)[C@@H](CCCCO)C=C(C(=NOC4CCCCO4)C[C@@H]1N(C)S(=O)(=O)c1cccc4cccnc14)[C@H]32. The highest BCUT2D eigenvalue weighted by Crippen LogP contribution is 2.62. The van der Waals surface area contributed by atoms with Gasteiger partial charge in [0.25, 0.3) is 0 Å². The summed E-state index contributed by atoms with van der Waals surface area (Å²) in [6.07, 6.45) is 11.1. The standard InChI is InChI=1S/C45H58N4O10S/c1-4-25-56-45-39(49(3)60(53,54)38-18-12-15-30-16-13-22-47-43(30)38)29-36(48-59-40-19-8-11-26-55-40)34-27-31(14-6-9-23-50)33(17-7-10-24-51)41(42(34)45)35-28-32(20-21-37(35)58-45)57-44(52)46-5-2/h4,12-13,15-16,18,20-22,27-28,31,33,39-42,50-51H,1,5-11,14,17,19,23-26,29H2,2-3H3,(H,46,52)/t31-,33+,39-,40?,41+,42+,45+/m0/s1. The topological polar surface area (TPSA) is 178 Å². The van der Waals surface area contributed by atoms with Crippen molar-refractivity contribution in [1.29, 1.82) is 0 Å². The van der Waals surface area contributed by atoms with Gasteiger partial charge in [0.15, 0.2) is 0 Å². The van der Waals surface area contributed by atoms with Crippen molar-refractivity contribution in [2.45, 2.75) is 100 Å². The minimum atomic E-state index is -4.29. The molecule has 3 N–H and O–H groups in total. The molecule has 2 aliphatic heterocycles. The third-order valence-corrected chi connectivity index (χ3v) is 14.2. The summed E-state index contributed by atoms with van der Waals surface area (Å²) in [5.41, 5.74) is 2.51. The number of oxime groups is 1. The molecule has 7 rings (SSSR count). The lowest BCUT2D eigenvalue weighted by molar-refractivity contribution is -0.250. The van der Waals surface area contributed by atoms with Crippen molar-refractivity contribution >= 4 is 32.7 Å². The Morgan fingerprint density at radius 1 is 1.10 bits per heavy atom. The first-order valence-electron chi connectivity index (χ1n) is 21.3. The Morgan fingerprint density at radius 2 is 1.90 bits per heavy atom. The van der Waals surface area contributed by atoms with Crippen LogP contribution in [0.25, 0.3) is 10.9 Å². The van der Waals surface area contributed by atoms with Gasteiger partial charge in [-0.25, -0.2) is 13.2 Å². The fourth-order valence-electron chi connectivity index (χ4n) is 9.58. The van der Waals surface area contributed by atoms with Gasteiger partial charge in [0.05, 0.1) is 36.4 Å². The predicted molar refractivity (Wildman–Crippen MR) is 226 cm³/mol. The van der Waals surface area contributed by atoms with Crippen LogP contribution in [0.1, 0.15) is 82.6 Å². The molecule has 3 aromatic rings. The van der Waals surface area contributed by atoms with Crippen molar-refractivity contribution in [3.05, 3.63) is 84.6 Å². The highest BCUT2D eigenvalue weighted by Gasteiger charge is 2.66. The number of carbonyl (C=O) groups excluding carboxylic acids is 1. The maximum Gasteiger partial charge on any atom is 0.412 e. The van der Waals surface area contributed by atoms with Gasteiger partial charge in [-0.2, -0.15) is 4.31 Å². The summed E-state index contributed by atoms with van der Waals surface area (Å²) in [6.45, 7) is 6.87. The second kappa shape index (κ2) is 19.6. The summed E-state index contributed by atoms with van der Waals surface area (Å²) in [5.74, 6) is -1.92. The maximum absolute atomic E-state index is 15.1. The molecule has 0 spiro atoms. The predicted octanol–water partition coefficient (Wildman–Crippen LogP) is 6.82. The van der Waals surface area contributed by atoms with Gasteiger partial charge in [0.1, 0.15) is 16.4 Å². The van der Waals surface area contributed by atoms with E-state index in [-0.39, 0.29) is 48.9 Å². The number of likely N-dealkylation sites (N-methyl/N-ethyl adjacent to an activating group) is 1. The van der Waals surface area contributed by atoms with Crippen molar-refractivity contribution < 1.29 is 47.2 Å². The number of sulfonamides is 1. The van der Waals surface area contributed by atoms with Crippen LogP contribution in [0.2, 0.25) is 0 Å². The number of pyridine rings is 1. The molecule has 2 aromatic carbocycles. The summed E-state index contributed by atoms with van der Waals surface area (Å²) in [7, 11) is -2.74. The van der Waals surface area contributed by atoms with E-state index in [9.17, 15) is 15.0 Å². The molecule has 2 aliphatic carbocycles. The fraction of sp³-hybridized carbons (Fsp3) is 0.533. The molecule has 14 nitrogen and oxygen atoms in total. The number of benzene rings is 2. The molecule has 60 heavy (non-hydrogen) atoms. The molecular formula is C45H58N4O10S. The maximum atomic E-state index is 15.1. The van der Waals surface area contributed by atoms with Crippen LogP contribution in [-0.4, -0.2) is 97.9 Å². The summed E-state index contributed by atoms with van der Waals surface area (Å²) in [5, 5.41) is 28.0. The van der Waals surface area contributed by atoms with E-state index in [1.165, 1.54) is 4.31 Å². The fourth-order valence-corrected chi connectivity index (χ4v) is 11.1. The lowest BCUT2D eigenvalue weighted by Crippen LogP contribution is -2.69. The van der Waals surface area contributed by atoms with Crippen LogP contribution in [0.15, 0.2) is 89.1 Å². The first-order valence-corrected chi connectivity index (χ1v) is 22.7. The zero-order chi connectivity index (χ0) is 42.3. The van der Waals surface area contributed by atoms with Crippen molar-refractivity contribution in [1.82, 2.24) is 14.6 Å². The largest absolute Gasteiger partial charge is 0.460 e. The number of unbranched alkanes of at least 4 members (excludes halogenated alkanes) is 2. The lowest BCUT2D eigenvalue weighted by atomic mass is 9.55. The number of para-hydroxylation sites is 1. The van der Waals surface area contributed by atoms with Crippen molar-refractivity contribution in [3.63, 3.8) is 0 Å². The Labute approximate surface area is 352 Å². The Balaban J connectivity index is 1.46. The van der Waals surface area contributed by atoms with E-state index < -0.39 is 40.2 Å². The highest BCUT2D eigenvalue weighted by atomic mass is 32.2. The number of fused-ring (bicyclic) bond motifs is 3. The van der Waals surface area contributed by atoms with Gasteiger partial charge in [-0.1, -0.05) is 48.3 Å². The molecule has 4 aliphatic rings. The van der Waals surface area contributed by atoms with E-state index in [0.29, 0.717) is 66.9 Å². The lowest BCUT2D eigenvalue weighted by Gasteiger charge is -2.59. The summed E-state index contributed by atoms with van der Waals surface area (Å²) in [4.78, 5) is 23.5. The molecule has 1 amide bonds. The first kappa shape index (κ1) is 43.7. The van der Waals surface area contributed by atoms with E-state index in [0.717, 1.165) is 43.2 Å². The van der Waals surface area contributed by atoms with Crippen LogP contribution in [0.5, 0.6) is 11.5 Å². The van der Waals surface area contributed by atoms with E-state index in [2.05, 4.69) is 23.0 Å². The molecule has 0 radical (unpaired) electrons. The van der Waals surface area contributed by atoms with E-state index in [1.54, 1.807) is 49.7 Å². The number of ether oxygens (including phenoxy) is 4. The number of nitrogens with one attached hydrogen (secondary N) is 1. The van der Waals surface area contributed by atoms with Gasteiger partial charge in [0.2, 0.25) is 22.1 Å². The third-order valence-electron chi connectivity index (χ3n) is 12.3. The smallest absolute Gasteiger partial charge is 0.412 e. The summed E-state index contributed by atoms with van der Waals surface area (Å²) < 4.78 is 57.4. The normalized spacial score (nSPS) is 26.8. The molecule has 3 heterocycles. The molecule has 324 valence electrons. The molecule has 1 saturated carbocycles. The van der Waals surface area contributed by atoms with E-state index in [1.807, 2.05) is 25.1 Å². The molecule has 1 unspecified atom stereocenters. The van der Waals surface area contributed by atoms with Gasteiger partial charge in [0, 0.05) is 62.7 Å². The van der Waals surface area contributed by atoms with Gasteiger partial charge in [-0.15, -0.1) is 6.58 Å². The van der Waals surface area contributed by atoms with Crippen LogP contribution in [0, 0.1) is 17.8 Å². The number of aliphatic hydroxyl groups is 2. The number of rotatable bonds is 18. The van der Waals surface area contributed by atoms with Crippen LogP contribution < -0.4 is 14.8 Å². The molecular weight excluding hydrogens is 789 g/mol. The zero-order valence-corrected chi connectivity index (χ0v) is 35.4. The Morgan fingerprint density at radius 3 is 2.65 bits per heavy atom. The number of carbonyl (C=O) groups is 1. The number of aromatic nitrogens is 1. The van der Waals surface area contributed by atoms with E-state index in [4.69, 9.17) is 28.9 Å². The Hall–Kier alpha value is -4.38. The molecule has 7 atom stereocenters. The number of nitrogens with zero attached hydrogens (tertiary/aromatic N) is 3. The summed E-state index contributed by atoms with van der Waals surface area (Å²) in [6, 6.07) is 13.0. The minimum absolute atomic E-state index is 0.0154. The van der Waals surface area contributed by atoms with Crippen molar-refractivity contribution in [2.75, 3.05) is 40.0 Å². The molecule has 1 aromatic heterocycles. The molecule has 2 fully saturated rings. The van der Waals surface area contributed by atoms with Gasteiger partial charge < -0.3 is 39.3 Å². The van der Waals surface area contributed by atoms with Gasteiger partial charge in [-0.3, -0.25) is 4.98 Å². The van der Waals surface area contributed by atoms with Gasteiger partial charge >= 0.3 is 6.09 Å². The monoisotopic (exact) mass is 846 g/mol. The number of amides is 1. The van der Waals surface area contributed by atoms with Crippen LogP contribution in [0.3, 0.4) is 0 Å². The average molecular weight is 847 g/mol. The Kier molecular flexibility index (Phi) is 14.2. The average Bonchev–Trinajstić information content (AvgIpc) is 3.26. The van der Waals surface area contributed by atoms with Gasteiger partial charge in [-0.05, 0) is 93.2 Å². The quantitative estimate of drug-likeness (QED) is 0.0695. The molecule has 1 saturated heterocycles. The zero-order valence-electron chi connectivity index (χ0n) is 34.5. The Bertz CT molecular complexity index is 2150. The van der Waals surface area contributed by atoms with Crippen LogP contribution in [0.4, 0.5) is 4.79 Å². The number of hydrogen-bond donors (Lipinski definition) is 3. The minimum Gasteiger partial charge on any atom is -0.460 e. The number of allylic oxidation sites excluding steroid dienone is 1. The third kappa shape index (κ3) is 8.84. The second-order valence-electron chi connectivity index (χ2n) is 15.9. The first-order chi connectivity index (χ1) is 29.2. The van der Waals surface area contributed by atoms with E-state index >= 15 is 8.42 Å². The second-order valence-corrected chi connectivity index (χ2v) is 17.9. The molecule has 0 bridgehead atoms. The number of hydrogen-bond acceptors (Lipinski definition) is 12. The van der Waals surface area contributed by atoms with Crippen molar-refractivity contribution in [3.8, 4) is 11.5 Å².